The first-order chi connectivity index (χ1) is 10.2. The van der Waals surface area contributed by atoms with Gasteiger partial charge in [-0.15, -0.1) is 0 Å². The molecular weight excluding hydrogens is 260 g/mol. The van der Waals surface area contributed by atoms with Crippen LogP contribution in [0.5, 0.6) is 0 Å². The van der Waals surface area contributed by atoms with Crippen LogP contribution in [0.2, 0.25) is 0 Å². The van der Waals surface area contributed by atoms with Gasteiger partial charge in [-0.2, -0.15) is 0 Å². The first kappa shape index (κ1) is 14.2. The fourth-order valence-corrected chi connectivity index (χ4v) is 3.40. The summed E-state index contributed by atoms with van der Waals surface area (Å²) in [6, 6.07) is 8.64. The number of aromatic nitrogens is 1. The lowest BCUT2D eigenvalue weighted by Crippen LogP contribution is -2.41. The molecule has 1 heterocycles. The van der Waals surface area contributed by atoms with Crippen molar-refractivity contribution >= 4 is 16.8 Å². The summed E-state index contributed by atoms with van der Waals surface area (Å²) in [7, 11) is 0. The molecule has 0 saturated heterocycles. The van der Waals surface area contributed by atoms with Crippen molar-refractivity contribution in [3.05, 3.63) is 36.0 Å². The number of hydrogen-bond donors (Lipinski definition) is 2. The minimum Gasteiger partial charge on any atom is -0.361 e. The fourth-order valence-electron chi connectivity index (χ4n) is 3.40. The molecule has 1 saturated carbocycles. The number of benzene rings is 1. The van der Waals surface area contributed by atoms with Gasteiger partial charge in [-0.25, -0.2) is 0 Å². The zero-order valence-corrected chi connectivity index (χ0v) is 12.7. The number of aromatic amines is 1. The van der Waals surface area contributed by atoms with Crippen molar-refractivity contribution in [3.8, 4) is 0 Å². The Kier molecular flexibility index (Phi) is 4.28. The van der Waals surface area contributed by atoms with Gasteiger partial charge in [0.1, 0.15) is 0 Å². The second-order valence-electron chi connectivity index (χ2n) is 6.30. The second kappa shape index (κ2) is 6.33. The number of rotatable bonds is 4. The van der Waals surface area contributed by atoms with Gasteiger partial charge in [0.05, 0.1) is 0 Å². The zero-order valence-electron chi connectivity index (χ0n) is 12.7. The Balaban J connectivity index is 1.56. The van der Waals surface area contributed by atoms with Gasteiger partial charge < -0.3 is 10.3 Å². The summed E-state index contributed by atoms with van der Waals surface area (Å²) in [5, 5.41) is 4.46. The molecule has 0 radical (unpaired) electrons. The van der Waals surface area contributed by atoms with E-state index < -0.39 is 0 Å². The molecule has 2 atom stereocenters. The van der Waals surface area contributed by atoms with Crippen LogP contribution >= 0.6 is 0 Å². The van der Waals surface area contributed by atoms with E-state index in [1.54, 1.807) is 0 Å². The molecule has 0 spiro atoms. The third-order valence-corrected chi connectivity index (χ3v) is 4.75. The minimum absolute atomic E-state index is 0.194. The molecule has 3 heteroatoms. The van der Waals surface area contributed by atoms with E-state index in [1.807, 2.05) is 18.3 Å². The molecule has 21 heavy (non-hydrogen) atoms. The quantitative estimate of drug-likeness (QED) is 0.881. The highest BCUT2D eigenvalue weighted by molar-refractivity contribution is 5.84. The summed E-state index contributed by atoms with van der Waals surface area (Å²) in [4.78, 5) is 15.4. The molecule has 1 aromatic carbocycles. The van der Waals surface area contributed by atoms with Crippen LogP contribution in [-0.4, -0.2) is 16.9 Å². The predicted molar refractivity (Wildman–Crippen MR) is 86.2 cm³/mol. The summed E-state index contributed by atoms with van der Waals surface area (Å²) in [5.41, 5.74) is 2.38. The van der Waals surface area contributed by atoms with Gasteiger partial charge in [0.25, 0.3) is 0 Å². The Morgan fingerprint density at radius 1 is 1.29 bits per heavy atom. The van der Waals surface area contributed by atoms with Crippen LogP contribution in [0.15, 0.2) is 30.5 Å². The molecule has 3 nitrogen and oxygen atoms in total. The van der Waals surface area contributed by atoms with E-state index in [2.05, 4.69) is 29.4 Å². The van der Waals surface area contributed by atoms with Gasteiger partial charge in [0.15, 0.2) is 0 Å². The molecule has 1 aromatic heterocycles. The van der Waals surface area contributed by atoms with Crippen molar-refractivity contribution in [1.29, 1.82) is 0 Å². The average Bonchev–Trinajstić information content (AvgIpc) is 2.91. The number of nitrogens with one attached hydrogen (secondary N) is 2. The molecule has 1 fully saturated rings. The Hall–Kier alpha value is -1.77. The number of para-hydroxylation sites is 1. The maximum Gasteiger partial charge on any atom is 0.220 e. The Morgan fingerprint density at radius 2 is 2.10 bits per heavy atom. The van der Waals surface area contributed by atoms with Crippen molar-refractivity contribution in [2.24, 2.45) is 5.92 Å². The zero-order chi connectivity index (χ0) is 14.7. The number of carbonyl (C=O) groups is 1. The van der Waals surface area contributed by atoms with E-state index in [0.29, 0.717) is 18.4 Å². The first-order valence-corrected chi connectivity index (χ1v) is 8.08. The van der Waals surface area contributed by atoms with E-state index >= 15 is 0 Å². The molecule has 0 bridgehead atoms. The highest BCUT2D eigenvalue weighted by atomic mass is 16.1. The normalized spacial score (nSPS) is 22.3. The van der Waals surface area contributed by atoms with Crippen molar-refractivity contribution < 1.29 is 4.79 Å². The molecule has 2 unspecified atom stereocenters. The molecule has 1 amide bonds. The largest absolute Gasteiger partial charge is 0.361 e. The van der Waals surface area contributed by atoms with Crippen molar-refractivity contribution in [2.75, 3.05) is 0 Å². The first-order valence-electron chi connectivity index (χ1n) is 8.08. The summed E-state index contributed by atoms with van der Waals surface area (Å²) in [5.74, 6) is 0.815. The highest BCUT2D eigenvalue weighted by Gasteiger charge is 2.22. The van der Waals surface area contributed by atoms with Crippen molar-refractivity contribution in [1.82, 2.24) is 10.3 Å². The number of fused-ring (bicyclic) bond motifs is 1. The number of hydrogen-bond acceptors (Lipinski definition) is 1. The van der Waals surface area contributed by atoms with E-state index in [9.17, 15) is 4.79 Å². The maximum absolute atomic E-state index is 12.2. The van der Waals surface area contributed by atoms with Crippen molar-refractivity contribution in [2.45, 2.75) is 51.5 Å². The van der Waals surface area contributed by atoms with Crippen LogP contribution < -0.4 is 5.32 Å². The van der Waals surface area contributed by atoms with Crippen LogP contribution in [0.1, 0.15) is 44.6 Å². The second-order valence-corrected chi connectivity index (χ2v) is 6.30. The standard InChI is InChI=1S/C18H24N2O/c1-13-6-2-4-8-16(13)20-18(21)11-10-14-12-19-17-9-5-3-7-15(14)17/h3,5,7,9,12-13,16,19H,2,4,6,8,10-11H2,1H3,(H,20,21). The lowest BCUT2D eigenvalue weighted by atomic mass is 9.86. The summed E-state index contributed by atoms with van der Waals surface area (Å²) in [6.07, 6.45) is 8.34. The van der Waals surface area contributed by atoms with E-state index in [-0.39, 0.29) is 5.91 Å². The van der Waals surface area contributed by atoms with Crippen LogP contribution in [-0.2, 0) is 11.2 Å². The number of carbonyl (C=O) groups excluding carboxylic acids is 1. The molecule has 1 aliphatic carbocycles. The Morgan fingerprint density at radius 3 is 2.95 bits per heavy atom. The molecule has 2 aromatic rings. The summed E-state index contributed by atoms with van der Waals surface area (Å²) in [6.45, 7) is 2.25. The van der Waals surface area contributed by atoms with Gasteiger partial charge in [-0.3, -0.25) is 4.79 Å². The maximum atomic E-state index is 12.2. The minimum atomic E-state index is 0.194. The van der Waals surface area contributed by atoms with Crippen molar-refractivity contribution in [3.63, 3.8) is 0 Å². The number of H-pyrrole nitrogens is 1. The fraction of sp³-hybridized carbons (Fsp3) is 0.500. The van der Waals surface area contributed by atoms with Crippen LogP contribution in [0.4, 0.5) is 0 Å². The number of aryl methyl sites for hydroxylation is 1. The van der Waals surface area contributed by atoms with Gasteiger partial charge >= 0.3 is 0 Å². The van der Waals surface area contributed by atoms with E-state index in [4.69, 9.17) is 0 Å². The topological polar surface area (TPSA) is 44.9 Å². The van der Waals surface area contributed by atoms with Gasteiger partial charge in [0.2, 0.25) is 5.91 Å². The van der Waals surface area contributed by atoms with E-state index in [1.165, 1.54) is 30.2 Å². The molecule has 1 aliphatic rings. The lowest BCUT2D eigenvalue weighted by molar-refractivity contribution is -0.122. The lowest BCUT2D eigenvalue weighted by Gasteiger charge is -2.29. The Labute approximate surface area is 126 Å². The SMILES string of the molecule is CC1CCCCC1NC(=O)CCc1c[nH]c2ccccc12. The Bertz CT molecular complexity index is 616. The van der Waals surface area contributed by atoms with Crippen LogP contribution in [0.3, 0.4) is 0 Å². The van der Waals surface area contributed by atoms with Crippen LogP contribution in [0.25, 0.3) is 10.9 Å². The van der Waals surface area contributed by atoms with Gasteiger partial charge in [-0.1, -0.05) is 38.0 Å². The number of amides is 1. The van der Waals surface area contributed by atoms with E-state index in [0.717, 1.165) is 18.4 Å². The van der Waals surface area contributed by atoms with Crippen LogP contribution in [0, 0.1) is 5.92 Å². The monoisotopic (exact) mass is 284 g/mol. The molecule has 2 N–H and O–H groups in total. The van der Waals surface area contributed by atoms with Gasteiger partial charge in [0, 0.05) is 29.6 Å². The highest BCUT2D eigenvalue weighted by Crippen LogP contribution is 2.24. The predicted octanol–water partition coefficient (Wildman–Crippen LogP) is 3.80. The average molecular weight is 284 g/mol. The summed E-state index contributed by atoms with van der Waals surface area (Å²) < 4.78 is 0. The molecule has 3 rings (SSSR count). The molecule has 112 valence electrons. The smallest absolute Gasteiger partial charge is 0.220 e. The third-order valence-electron chi connectivity index (χ3n) is 4.75. The molecular formula is C18H24N2O. The van der Waals surface area contributed by atoms with Gasteiger partial charge in [-0.05, 0) is 36.8 Å². The third kappa shape index (κ3) is 3.29. The molecule has 0 aliphatic heterocycles. The summed E-state index contributed by atoms with van der Waals surface area (Å²) >= 11 is 0.